The zero-order valence-electron chi connectivity index (χ0n) is 10.9. The molecule has 19 heavy (non-hydrogen) atoms. The molecule has 2 rings (SSSR count). The Hall–Kier alpha value is -0.890. The number of nitro groups is 1. The Labute approximate surface area is 126 Å². The number of hydrogen-bond donors (Lipinski definition) is 1. The molecule has 1 aromatic rings. The van der Waals surface area contributed by atoms with Crippen molar-refractivity contribution in [1.82, 2.24) is 4.90 Å². The maximum absolute atomic E-state index is 11.1. The lowest BCUT2D eigenvalue weighted by Gasteiger charge is -2.31. The van der Waals surface area contributed by atoms with Gasteiger partial charge in [0.1, 0.15) is 5.69 Å². The van der Waals surface area contributed by atoms with Crippen molar-refractivity contribution in [1.29, 1.82) is 0 Å². The first-order valence-electron chi connectivity index (χ1n) is 6.53. The molecule has 1 aliphatic heterocycles. The highest BCUT2D eigenvalue weighted by Crippen LogP contribution is 2.28. The van der Waals surface area contributed by atoms with E-state index < -0.39 is 0 Å². The fraction of sp³-hybridized carbons (Fsp3) is 0.538. The summed E-state index contributed by atoms with van der Waals surface area (Å²) in [6.45, 7) is 5.37. The van der Waals surface area contributed by atoms with Gasteiger partial charge in [-0.15, -0.1) is 0 Å². The molecule has 0 unspecified atom stereocenters. The van der Waals surface area contributed by atoms with Gasteiger partial charge in [-0.2, -0.15) is 0 Å². The van der Waals surface area contributed by atoms with Crippen LogP contribution in [0.5, 0.6) is 0 Å². The minimum absolute atomic E-state index is 0.171. The molecule has 1 N–H and O–H groups in total. The number of nitrogens with zero attached hydrogens (tertiary/aromatic N) is 2. The molecule has 0 saturated carbocycles. The van der Waals surface area contributed by atoms with Gasteiger partial charge < -0.3 is 10.2 Å². The average Bonchev–Trinajstić information content (AvgIpc) is 2.41. The largest absolute Gasteiger partial charge is 0.377 e. The van der Waals surface area contributed by atoms with Crippen molar-refractivity contribution in [2.45, 2.75) is 25.8 Å². The summed E-state index contributed by atoms with van der Waals surface area (Å²) >= 11 is 2.09. The Morgan fingerprint density at radius 1 is 1.47 bits per heavy atom. The van der Waals surface area contributed by atoms with E-state index in [2.05, 4.69) is 39.7 Å². The average molecular weight is 375 g/mol. The minimum Gasteiger partial charge on any atom is -0.377 e. The SMILES string of the molecule is CCN1CCC(Nc2ccc(I)cc2[N+](=O)[O-])CC1. The summed E-state index contributed by atoms with van der Waals surface area (Å²) < 4.78 is 0.885. The highest BCUT2D eigenvalue weighted by Gasteiger charge is 2.21. The fourth-order valence-electron chi connectivity index (χ4n) is 2.39. The van der Waals surface area contributed by atoms with Gasteiger partial charge in [0.15, 0.2) is 0 Å². The smallest absolute Gasteiger partial charge is 0.293 e. The normalized spacial score (nSPS) is 17.4. The van der Waals surface area contributed by atoms with Gasteiger partial charge >= 0.3 is 0 Å². The van der Waals surface area contributed by atoms with Crippen LogP contribution in [0.25, 0.3) is 0 Å². The molecule has 0 radical (unpaired) electrons. The molecule has 0 spiro atoms. The van der Waals surface area contributed by atoms with E-state index in [4.69, 9.17) is 0 Å². The summed E-state index contributed by atoms with van der Waals surface area (Å²) in [4.78, 5) is 13.2. The zero-order chi connectivity index (χ0) is 13.8. The fourth-order valence-corrected chi connectivity index (χ4v) is 2.87. The maximum Gasteiger partial charge on any atom is 0.293 e. The lowest BCUT2D eigenvalue weighted by Crippen LogP contribution is -2.38. The van der Waals surface area contributed by atoms with Crippen LogP contribution >= 0.6 is 22.6 Å². The van der Waals surface area contributed by atoms with Crippen molar-refractivity contribution < 1.29 is 4.92 Å². The second-order valence-corrected chi connectivity index (χ2v) is 6.02. The quantitative estimate of drug-likeness (QED) is 0.499. The van der Waals surface area contributed by atoms with Gasteiger partial charge in [-0.05, 0) is 54.1 Å². The van der Waals surface area contributed by atoms with E-state index in [0.29, 0.717) is 11.7 Å². The summed E-state index contributed by atoms with van der Waals surface area (Å²) in [7, 11) is 0. The molecule has 1 aromatic carbocycles. The Bertz CT molecular complexity index is 459. The standard InChI is InChI=1S/C13H18IN3O2/c1-2-16-7-5-11(6-8-16)15-12-4-3-10(14)9-13(12)17(18)19/h3-4,9,11,15H,2,5-8H2,1H3. The van der Waals surface area contributed by atoms with Crippen molar-refractivity contribution in [2.75, 3.05) is 25.0 Å². The number of likely N-dealkylation sites (tertiary alicyclic amines) is 1. The highest BCUT2D eigenvalue weighted by atomic mass is 127. The Kier molecular flexibility index (Phi) is 4.98. The van der Waals surface area contributed by atoms with Crippen LogP contribution in [0.3, 0.4) is 0 Å². The van der Waals surface area contributed by atoms with Crippen LogP contribution in [-0.4, -0.2) is 35.5 Å². The Morgan fingerprint density at radius 3 is 2.74 bits per heavy atom. The van der Waals surface area contributed by atoms with E-state index in [0.717, 1.165) is 36.0 Å². The third kappa shape index (κ3) is 3.79. The van der Waals surface area contributed by atoms with Crippen molar-refractivity contribution in [3.05, 3.63) is 31.9 Å². The van der Waals surface area contributed by atoms with Crippen LogP contribution in [-0.2, 0) is 0 Å². The number of hydrogen-bond acceptors (Lipinski definition) is 4. The topological polar surface area (TPSA) is 58.4 Å². The molecule has 1 saturated heterocycles. The predicted molar refractivity (Wildman–Crippen MR) is 84.6 cm³/mol. The summed E-state index contributed by atoms with van der Waals surface area (Å²) in [6.07, 6.45) is 2.08. The summed E-state index contributed by atoms with van der Waals surface area (Å²) in [5.41, 5.74) is 0.810. The highest BCUT2D eigenvalue weighted by molar-refractivity contribution is 14.1. The van der Waals surface area contributed by atoms with Gasteiger partial charge in [0.25, 0.3) is 5.69 Å². The molecule has 0 amide bonds. The third-order valence-electron chi connectivity index (χ3n) is 3.55. The number of nitrogens with one attached hydrogen (secondary N) is 1. The second-order valence-electron chi connectivity index (χ2n) is 4.77. The molecular formula is C13H18IN3O2. The Balaban J connectivity index is 2.05. The first kappa shape index (κ1) is 14.5. The second kappa shape index (κ2) is 6.51. The number of anilines is 1. The molecule has 5 nitrogen and oxygen atoms in total. The van der Waals surface area contributed by atoms with Crippen molar-refractivity contribution in [3.63, 3.8) is 0 Å². The molecule has 6 heteroatoms. The first-order valence-corrected chi connectivity index (χ1v) is 7.61. The van der Waals surface area contributed by atoms with Crippen LogP contribution in [0.1, 0.15) is 19.8 Å². The zero-order valence-corrected chi connectivity index (χ0v) is 13.1. The van der Waals surface area contributed by atoms with E-state index >= 15 is 0 Å². The van der Waals surface area contributed by atoms with Gasteiger partial charge in [0.2, 0.25) is 0 Å². The monoisotopic (exact) mass is 375 g/mol. The molecule has 0 bridgehead atoms. The van der Waals surface area contributed by atoms with E-state index in [1.54, 1.807) is 6.07 Å². The van der Waals surface area contributed by atoms with Gasteiger partial charge in [-0.3, -0.25) is 10.1 Å². The van der Waals surface area contributed by atoms with E-state index in [1.165, 1.54) is 0 Å². The van der Waals surface area contributed by atoms with Gasteiger partial charge in [-0.25, -0.2) is 0 Å². The third-order valence-corrected chi connectivity index (χ3v) is 4.22. The number of halogens is 1. The van der Waals surface area contributed by atoms with E-state index in [1.807, 2.05) is 12.1 Å². The maximum atomic E-state index is 11.1. The van der Waals surface area contributed by atoms with Crippen molar-refractivity contribution in [3.8, 4) is 0 Å². The number of benzene rings is 1. The molecule has 104 valence electrons. The molecule has 0 aliphatic carbocycles. The number of rotatable bonds is 4. The molecule has 1 heterocycles. The predicted octanol–water partition coefficient (Wildman–Crippen LogP) is 3.10. The number of nitro benzene ring substituents is 1. The molecule has 1 aliphatic rings. The van der Waals surface area contributed by atoms with E-state index in [9.17, 15) is 10.1 Å². The Morgan fingerprint density at radius 2 is 2.16 bits per heavy atom. The van der Waals surface area contributed by atoms with Crippen molar-refractivity contribution in [2.24, 2.45) is 0 Å². The van der Waals surface area contributed by atoms with Crippen LogP contribution in [0.4, 0.5) is 11.4 Å². The van der Waals surface area contributed by atoms with Crippen LogP contribution in [0.15, 0.2) is 18.2 Å². The van der Waals surface area contributed by atoms with Crippen LogP contribution < -0.4 is 5.32 Å². The van der Waals surface area contributed by atoms with E-state index in [-0.39, 0.29) is 10.6 Å². The van der Waals surface area contributed by atoms with Gasteiger partial charge in [0.05, 0.1) is 4.92 Å². The molecular weight excluding hydrogens is 357 g/mol. The first-order chi connectivity index (χ1) is 9.10. The molecule has 1 fully saturated rings. The van der Waals surface area contributed by atoms with Crippen LogP contribution in [0, 0.1) is 13.7 Å². The summed E-state index contributed by atoms with van der Waals surface area (Å²) in [5.74, 6) is 0. The minimum atomic E-state index is -0.314. The molecule has 0 atom stereocenters. The van der Waals surface area contributed by atoms with Crippen LogP contribution in [0.2, 0.25) is 0 Å². The lowest BCUT2D eigenvalue weighted by atomic mass is 10.0. The number of piperidine rings is 1. The van der Waals surface area contributed by atoms with Gasteiger partial charge in [-0.1, -0.05) is 6.92 Å². The lowest BCUT2D eigenvalue weighted by molar-refractivity contribution is -0.384. The molecule has 0 aromatic heterocycles. The summed E-state index contributed by atoms with van der Waals surface area (Å²) in [6, 6.07) is 5.66. The van der Waals surface area contributed by atoms with Crippen molar-refractivity contribution >= 4 is 34.0 Å². The van der Waals surface area contributed by atoms with Gasteiger partial charge in [0, 0.05) is 28.8 Å². The summed E-state index contributed by atoms with van der Waals surface area (Å²) in [5, 5.41) is 14.4.